The van der Waals surface area contributed by atoms with Crippen LogP contribution in [-0.4, -0.2) is 31.1 Å². The van der Waals surface area contributed by atoms with Crippen LogP contribution in [0.1, 0.15) is 25.7 Å². The minimum Gasteiger partial charge on any atom is -0.494 e. The van der Waals surface area contributed by atoms with Crippen LogP contribution in [0, 0.1) is 0 Å². The van der Waals surface area contributed by atoms with E-state index in [2.05, 4.69) is 53.4 Å². The molecule has 0 bridgehead atoms. The van der Waals surface area contributed by atoms with Gasteiger partial charge in [-0.2, -0.15) is 0 Å². The Morgan fingerprint density at radius 1 is 0.773 bits per heavy atom. The molecule has 3 rings (SSSR count). The van der Waals surface area contributed by atoms with Gasteiger partial charge in [-0.15, -0.1) is 0 Å². The number of likely N-dealkylation sites (tertiary alicyclic amines) is 1. The van der Waals surface area contributed by atoms with Gasteiger partial charge in [0.25, 0.3) is 0 Å². The van der Waals surface area contributed by atoms with Crippen molar-refractivity contribution in [3.05, 3.63) is 54.6 Å². The SMILES string of the molecule is c1ccc(-c2ccc(OCCCCN3CCCC3)cc2)cc1. The summed E-state index contributed by atoms with van der Waals surface area (Å²) in [4.78, 5) is 2.56. The second-order valence-electron chi connectivity index (χ2n) is 5.99. The predicted octanol–water partition coefficient (Wildman–Crippen LogP) is 4.61. The van der Waals surface area contributed by atoms with E-state index >= 15 is 0 Å². The van der Waals surface area contributed by atoms with Crippen LogP contribution in [0.2, 0.25) is 0 Å². The highest BCUT2D eigenvalue weighted by atomic mass is 16.5. The lowest BCUT2D eigenvalue weighted by Crippen LogP contribution is -2.20. The van der Waals surface area contributed by atoms with E-state index in [1.54, 1.807) is 0 Å². The maximum atomic E-state index is 5.84. The average molecular weight is 295 g/mol. The molecule has 2 aromatic rings. The molecule has 2 aromatic carbocycles. The summed E-state index contributed by atoms with van der Waals surface area (Å²) in [5.74, 6) is 0.973. The molecule has 0 aromatic heterocycles. The molecule has 0 spiro atoms. The Balaban J connectivity index is 1.39. The van der Waals surface area contributed by atoms with Crippen LogP contribution < -0.4 is 4.74 Å². The molecule has 0 saturated carbocycles. The Kier molecular flexibility index (Phi) is 5.49. The molecule has 22 heavy (non-hydrogen) atoms. The van der Waals surface area contributed by atoms with Gasteiger partial charge in [-0.1, -0.05) is 42.5 Å². The van der Waals surface area contributed by atoms with Crippen molar-refractivity contribution in [1.29, 1.82) is 0 Å². The molecule has 0 atom stereocenters. The van der Waals surface area contributed by atoms with Gasteiger partial charge < -0.3 is 9.64 Å². The highest BCUT2D eigenvalue weighted by Gasteiger charge is 2.10. The summed E-state index contributed by atoms with van der Waals surface area (Å²) in [7, 11) is 0. The fourth-order valence-electron chi connectivity index (χ4n) is 3.01. The minimum atomic E-state index is 0.818. The van der Waals surface area contributed by atoms with E-state index in [0.717, 1.165) is 18.8 Å². The van der Waals surface area contributed by atoms with Gasteiger partial charge in [0, 0.05) is 0 Å². The van der Waals surface area contributed by atoms with Gasteiger partial charge in [0.05, 0.1) is 6.61 Å². The first-order chi connectivity index (χ1) is 10.9. The van der Waals surface area contributed by atoms with Crippen LogP contribution in [0.25, 0.3) is 11.1 Å². The van der Waals surface area contributed by atoms with Gasteiger partial charge in [-0.25, -0.2) is 0 Å². The van der Waals surface area contributed by atoms with Crippen molar-refractivity contribution in [3.63, 3.8) is 0 Å². The molecule has 2 nitrogen and oxygen atoms in total. The highest BCUT2D eigenvalue weighted by molar-refractivity contribution is 5.63. The molecule has 1 aliphatic rings. The summed E-state index contributed by atoms with van der Waals surface area (Å²) in [6.45, 7) is 4.64. The molecule has 0 amide bonds. The maximum absolute atomic E-state index is 5.84. The van der Waals surface area contributed by atoms with E-state index < -0.39 is 0 Å². The smallest absolute Gasteiger partial charge is 0.119 e. The molecule has 1 fully saturated rings. The van der Waals surface area contributed by atoms with Crippen LogP contribution >= 0.6 is 0 Å². The summed E-state index contributed by atoms with van der Waals surface area (Å²) in [5.41, 5.74) is 2.49. The predicted molar refractivity (Wildman–Crippen MR) is 92.3 cm³/mol. The average Bonchev–Trinajstić information content (AvgIpc) is 3.09. The van der Waals surface area contributed by atoms with Crippen LogP contribution in [0.3, 0.4) is 0 Å². The minimum absolute atomic E-state index is 0.818. The zero-order valence-corrected chi connectivity index (χ0v) is 13.2. The van der Waals surface area contributed by atoms with Crippen molar-refractivity contribution in [2.75, 3.05) is 26.2 Å². The van der Waals surface area contributed by atoms with Crippen LogP contribution in [0.15, 0.2) is 54.6 Å². The first kappa shape index (κ1) is 15.1. The van der Waals surface area contributed by atoms with E-state index in [9.17, 15) is 0 Å². The summed E-state index contributed by atoms with van der Waals surface area (Å²) in [5, 5.41) is 0. The van der Waals surface area contributed by atoms with Crippen molar-refractivity contribution in [3.8, 4) is 16.9 Å². The summed E-state index contributed by atoms with van der Waals surface area (Å²) >= 11 is 0. The molecule has 1 saturated heterocycles. The van der Waals surface area contributed by atoms with Gasteiger partial charge in [-0.05, 0) is 68.6 Å². The number of hydrogen-bond donors (Lipinski definition) is 0. The third kappa shape index (κ3) is 4.35. The summed E-state index contributed by atoms with van der Waals surface area (Å²) < 4.78 is 5.84. The zero-order valence-electron chi connectivity index (χ0n) is 13.2. The summed E-state index contributed by atoms with van der Waals surface area (Å²) in [6, 6.07) is 18.9. The largest absolute Gasteiger partial charge is 0.494 e. The quantitative estimate of drug-likeness (QED) is 0.692. The second-order valence-corrected chi connectivity index (χ2v) is 5.99. The van der Waals surface area contributed by atoms with E-state index in [4.69, 9.17) is 4.74 Å². The van der Waals surface area contributed by atoms with Crippen LogP contribution in [0.5, 0.6) is 5.75 Å². The Morgan fingerprint density at radius 3 is 2.18 bits per heavy atom. The van der Waals surface area contributed by atoms with E-state index in [1.807, 2.05) is 6.07 Å². The summed E-state index contributed by atoms with van der Waals surface area (Å²) in [6.07, 6.45) is 5.13. The van der Waals surface area contributed by atoms with Crippen molar-refractivity contribution in [2.24, 2.45) is 0 Å². The first-order valence-electron chi connectivity index (χ1n) is 8.42. The third-order valence-corrected chi connectivity index (χ3v) is 4.30. The van der Waals surface area contributed by atoms with E-state index in [-0.39, 0.29) is 0 Å². The molecule has 0 N–H and O–H groups in total. The zero-order chi connectivity index (χ0) is 15.0. The number of nitrogens with zero attached hydrogens (tertiary/aromatic N) is 1. The van der Waals surface area contributed by atoms with Gasteiger partial charge in [0.15, 0.2) is 0 Å². The topological polar surface area (TPSA) is 12.5 Å². The Hall–Kier alpha value is -1.80. The van der Waals surface area contributed by atoms with Crippen LogP contribution in [-0.2, 0) is 0 Å². The van der Waals surface area contributed by atoms with Gasteiger partial charge in [-0.3, -0.25) is 0 Å². The van der Waals surface area contributed by atoms with Crippen LogP contribution in [0.4, 0.5) is 0 Å². The lowest BCUT2D eigenvalue weighted by atomic mass is 10.1. The Morgan fingerprint density at radius 2 is 1.45 bits per heavy atom. The molecular formula is C20H25NO. The number of benzene rings is 2. The number of unbranched alkanes of at least 4 members (excludes halogenated alkanes) is 1. The van der Waals surface area contributed by atoms with Gasteiger partial charge in [0.2, 0.25) is 0 Å². The number of rotatable bonds is 7. The number of hydrogen-bond acceptors (Lipinski definition) is 2. The number of ether oxygens (including phenoxy) is 1. The molecular weight excluding hydrogens is 270 g/mol. The molecule has 1 heterocycles. The lowest BCUT2D eigenvalue weighted by molar-refractivity contribution is 0.280. The third-order valence-electron chi connectivity index (χ3n) is 4.30. The van der Waals surface area contributed by atoms with E-state index in [0.29, 0.717) is 0 Å². The van der Waals surface area contributed by atoms with Crippen molar-refractivity contribution in [2.45, 2.75) is 25.7 Å². The standard InChI is InChI=1S/C20H25NO/c1-2-8-18(9-3-1)19-10-12-20(13-11-19)22-17-7-6-16-21-14-4-5-15-21/h1-3,8-13H,4-7,14-17H2. The Bertz CT molecular complexity index is 544. The first-order valence-corrected chi connectivity index (χ1v) is 8.42. The van der Waals surface area contributed by atoms with E-state index in [1.165, 1.54) is 50.0 Å². The molecule has 0 unspecified atom stereocenters. The highest BCUT2D eigenvalue weighted by Crippen LogP contribution is 2.22. The lowest BCUT2D eigenvalue weighted by Gasteiger charge is -2.14. The fraction of sp³-hybridized carbons (Fsp3) is 0.400. The molecule has 116 valence electrons. The molecule has 0 aliphatic carbocycles. The molecule has 2 heteroatoms. The Labute approximate surface area is 133 Å². The van der Waals surface area contributed by atoms with Crippen molar-refractivity contribution < 1.29 is 4.74 Å². The van der Waals surface area contributed by atoms with Crippen molar-refractivity contribution >= 4 is 0 Å². The van der Waals surface area contributed by atoms with Gasteiger partial charge in [0.1, 0.15) is 5.75 Å². The molecule has 0 radical (unpaired) electrons. The normalized spacial score (nSPS) is 15.1. The monoisotopic (exact) mass is 295 g/mol. The fourth-order valence-corrected chi connectivity index (χ4v) is 3.01. The van der Waals surface area contributed by atoms with Gasteiger partial charge >= 0.3 is 0 Å². The second kappa shape index (κ2) is 8.00. The molecule has 1 aliphatic heterocycles. The van der Waals surface area contributed by atoms with Crippen molar-refractivity contribution in [1.82, 2.24) is 4.90 Å². The maximum Gasteiger partial charge on any atom is 0.119 e.